The summed E-state index contributed by atoms with van der Waals surface area (Å²) in [5, 5.41) is 11.7. The molecule has 2 amide bonds. The number of carbonyl (C=O) groups excluding carboxylic acids is 2. The molecule has 0 aliphatic carbocycles. The van der Waals surface area contributed by atoms with Gasteiger partial charge in [-0.25, -0.2) is 14.4 Å². The van der Waals surface area contributed by atoms with Crippen molar-refractivity contribution in [1.29, 1.82) is 5.26 Å². The molecule has 4 rings (SSSR count). The second-order valence-corrected chi connectivity index (χ2v) is 7.26. The zero-order valence-corrected chi connectivity index (χ0v) is 17.3. The van der Waals surface area contributed by atoms with E-state index in [-0.39, 0.29) is 18.3 Å². The van der Waals surface area contributed by atoms with Crippen molar-refractivity contribution in [1.82, 2.24) is 15.3 Å². The summed E-state index contributed by atoms with van der Waals surface area (Å²) in [4.78, 5) is 35.4. The average Bonchev–Trinajstić information content (AvgIpc) is 2.91. The van der Waals surface area contributed by atoms with Crippen LogP contribution in [0.25, 0.3) is 11.3 Å². The zero-order valence-electron chi connectivity index (χ0n) is 17.3. The Morgan fingerprint density at radius 2 is 2.12 bits per heavy atom. The molecule has 1 aromatic heterocycles. The van der Waals surface area contributed by atoms with E-state index in [1.807, 2.05) is 6.07 Å². The minimum absolute atomic E-state index is 0.126. The maximum atomic E-state index is 13.6. The standard InChI is InChI=1S/C23H18FN5O3/c1-13-11-26-21(28-20(13)15-4-3-5-16(24)9-15)22(30)27-17-12-32-19-8-14(10-25)6-7-18(19)29(2)23(17)31/h3-9,11,17H,12H2,1-2H3,(H,27,30)/t17-/m0/s1. The highest BCUT2D eigenvalue weighted by Crippen LogP contribution is 2.31. The van der Waals surface area contributed by atoms with Crippen molar-refractivity contribution >= 4 is 17.5 Å². The lowest BCUT2D eigenvalue weighted by Crippen LogP contribution is -2.49. The summed E-state index contributed by atoms with van der Waals surface area (Å²) in [6.07, 6.45) is 1.47. The Kier molecular flexibility index (Phi) is 5.52. The number of hydrogen-bond donors (Lipinski definition) is 1. The van der Waals surface area contributed by atoms with E-state index in [4.69, 9.17) is 10.00 Å². The van der Waals surface area contributed by atoms with Gasteiger partial charge in [0.2, 0.25) is 5.82 Å². The van der Waals surface area contributed by atoms with E-state index in [9.17, 15) is 14.0 Å². The normalized spacial score (nSPS) is 15.2. The van der Waals surface area contributed by atoms with Crippen LogP contribution < -0.4 is 15.0 Å². The second kappa shape index (κ2) is 8.43. The van der Waals surface area contributed by atoms with E-state index in [2.05, 4.69) is 15.3 Å². The quantitative estimate of drug-likeness (QED) is 0.683. The first-order valence-electron chi connectivity index (χ1n) is 9.72. The molecule has 0 saturated heterocycles. The number of aryl methyl sites for hydroxylation is 1. The minimum atomic E-state index is -0.993. The van der Waals surface area contributed by atoms with E-state index in [0.29, 0.717) is 33.8 Å². The van der Waals surface area contributed by atoms with Gasteiger partial charge in [-0.1, -0.05) is 12.1 Å². The predicted molar refractivity (Wildman–Crippen MR) is 113 cm³/mol. The fourth-order valence-corrected chi connectivity index (χ4v) is 3.38. The van der Waals surface area contributed by atoms with Crippen LogP contribution >= 0.6 is 0 Å². The molecule has 0 unspecified atom stereocenters. The molecule has 9 heteroatoms. The molecule has 1 atom stereocenters. The van der Waals surface area contributed by atoms with Crippen molar-refractivity contribution in [3.8, 4) is 23.1 Å². The molecule has 0 spiro atoms. The number of anilines is 1. The summed E-state index contributed by atoms with van der Waals surface area (Å²) in [7, 11) is 1.56. The van der Waals surface area contributed by atoms with Crippen LogP contribution in [-0.2, 0) is 4.79 Å². The largest absolute Gasteiger partial charge is 0.489 e. The highest BCUT2D eigenvalue weighted by Gasteiger charge is 2.31. The van der Waals surface area contributed by atoms with Crippen molar-refractivity contribution in [2.45, 2.75) is 13.0 Å². The second-order valence-electron chi connectivity index (χ2n) is 7.26. The number of benzene rings is 2. The summed E-state index contributed by atoms with van der Waals surface area (Å²) in [5.41, 5.74) is 2.48. The van der Waals surface area contributed by atoms with Crippen LogP contribution in [-0.4, -0.2) is 41.5 Å². The van der Waals surface area contributed by atoms with Gasteiger partial charge in [0, 0.05) is 24.9 Å². The van der Waals surface area contributed by atoms with Crippen LogP contribution in [0.3, 0.4) is 0 Å². The molecule has 0 radical (unpaired) electrons. The van der Waals surface area contributed by atoms with Crippen LogP contribution in [0.1, 0.15) is 21.7 Å². The van der Waals surface area contributed by atoms with Gasteiger partial charge in [-0.3, -0.25) is 9.59 Å². The molecular weight excluding hydrogens is 413 g/mol. The zero-order chi connectivity index (χ0) is 22.8. The average molecular weight is 431 g/mol. The van der Waals surface area contributed by atoms with Gasteiger partial charge in [0.1, 0.15) is 24.2 Å². The number of likely N-dealkylation sites (N-methyl/N-ethyl adjacent to an activating group) is 1. The number of nitrogens with one attached hydrogen (secondary N) is 1. The van der Waals surface area contributed by atoms with Gasteiger partial charge in [-0.15, -0.1) is 0 Å². The summed E-state index contributed by atoms with van der Waals surface area (Å²) in [6, 6.07) is 11.6. The van der Waals surface area contributed by atoms with E-state index in [0.717, 1.165) is 0 Å². The monoisotopic (exact) mass is 431 g/mol. The third-order valence-corrected chi connectivity index (χ3v) is 5.06. The molecular formula is C23H18FN5O3. The third kappa shape index (κ3) is 3.98. The van der Waals surface area contributed by atoms with Gasteiger partial charge in [0.25, 0.3) is 11.8 Å². The maximum Gasteiger partial charge on any atom is 0.289 e. The topological polar surface area (TPSA) is 108 Å². The maximum absolute atomic E-state index is 13.6. The van der Waals surface area contributed by atoms with E-state index in [1.54, 1.807) is 38.2 Å². The van der Waals surface area contributed by atoms with Crippen LogP contribution in [0.5, 0.6) is 5.75 Å². The van der Waals surface area contributed by atoms with Crippen LogP contribution in [0.2, 0.25) is 0 Å². The number of rotatable bonds is 3. The van der Waals surface area contributed by atoms with E-state index >= 15 is 0 Å². The summed E-state index contributed by atoms with van der Waals surface area (Å²) in [5.74, 6) is -1.26. The van der Waals surface area contributed by atoms with Gasteiger partial charge in [-0.2, -0.15) is 5.26 Å². The number of hydrogen-bond acceptors (Lipinski definition) is 6. The number of fused-ring (bicyclic) bond motifs is 1. The lowest BCUT2D eigenvalue weighted by molar-refractivity contribution is -0.120. The summed E-state index contributed by atoms with van der Waals surface area (Å²) in [6.45, 7) is 1.63. The molecule has 3 aromatic rings. The molecule has 32 heavy (non-hydrogen) atoms. The van der Waals surface area contributed by atoms with Crippen LogP contribution in [0.4, 0.5) is 10.1 Å². The van der Waals surface area contributed by atoms with Crippen LogP contribution in [0, 0.1) is 24.1 Å². The van der Waals surface area contributed by atoms with Crippen molar-refractivity contribution in [3.63, 3.8) is 0 Å². The fourth-order valence-electron chi connectivity index (χ4n) is 3.38. The van der Waals surface area contributed by atoms with Crippen molar-refractivity contribution in [2.75, 3.05) is 18.6 Å². The Balaban J connectivity index is 1.57. The predicted octanol–water partition coefficient (Wildman–Crippen LogP) is 2.62. The molecule has 0 bridgehead atoms. The molecule has 1 aliphatic rings. The number of ether oxygens (including phenoxy) is 1. The van der Waals surface area contributed by atoms with Gasteiger partial charge < -0.3 is 15.0 Å². The van der Waals surface area contributed by atoms with Crippen LogP contribution in [0.15, 0.2) is 48.7 Å². The van der Waals surface area contributed by atoms with Crippen molar-refractivity contribution < 1.29 is 18.7 Å². The van der Waals surface area contributed by atoms with Gasteiger partial charge in [0.15, 0.2) is 0 Å². The highest BCUT2D eigenvalue weighted by atomic mass is 19.1. The first-order valence-corrected chi connectivity index (χ1v) is 9.72. The number of halogens is 1. The summed E-state index contributed by atoms with van der Waals surface area (Å²) >= 11 is 0. The van der Waals surface area contributed by atoms with Gasteiger partial charge in [-0.05, 0) is 36.8 Å². The molecule has 1 N–H and O–H groups in total. The lowest BCUT2D eigenvalue weighted by atomic mass is 10.1. The molecule has 2 aromatic carbocycles. The van der Waals surface area contributed by atoms with Gasteiger partial charge >= 0.3 is 0 Å². The number of carbonyl (C=O) groups is 2. The van der Waals surface area contributed by atoms with Crippen molar-refractivity contribution in [3.05, 3.63) is 71.4 Å². The Morgan fingerprint density at radius 3 is 2.88 bits per heavy atom. The number of nitrogens with zero attached hydrogens (tertiary/aromatic N) is 4. The smallest absolute Gasteiger partial charge is 0.289 e. The SMILES string of the molecule is Cc1cnc(C(=O)N[C@H]2COc3cc(C#N)ccc3N(C)C2=O)nc1-c1cccc(F)c1. The van der Waals surface area contributed by atoms with E-state index in [1.165, 1.54) is 29.3 Å². The Morgan fingerprint density at radius 1 is 1.31 bits per heavy atom. The first kappa shape index (κ1) is 20.9. The molecule has 0 fully saturated rings. The van der Waals surface area contributed by atoms with Gasteiger partial charge in [0.05, 0.1) is 23.0 Å². The fraction of sp³-hybridized carbons (Fsp3) is 0.174. The molecule has 1 aliphatic heterocycles. The Bertz CT molecular complexity index is 1270. The van der Waals surface area contributed by atoms with E-state index < -0.39 is 17.8 Å². The number of aromatic nitrogens is 2. The number of nitriles is 1. The Labute approximate surface area is 183 Å². The molecule has 160 valence electrons. The molecule has 0 saturated carbocycles. The van der Waals surface area contributed by atoms with Crippen molar-refractivity contribution in [2.24, 2.45) is 0 Å². The third-order valence-electron chi connectivity index (χ3n) is 5.06. The molecule has 8 nitrogen and oxygen atoms in total. The first-order chi connectivity index (χ1) is 15.4. The highest BCUT2D eigenvalue weighted by molar-refractivity contribution is 6.02. The number of amides is 2. The minimum Gasteiger partial charge on any atom is -0.489 e. The summed E-state index contributed by atoms with van der Waals surface area (Å²) < 4.78 is 19.3. The molecule has 2 heterocycles. The Hall–Kier alpha value is -4.32. The lowest BCUT2D eigenvalue weighted by Gasteiger charge is -2.20.